The van der Waals surface area contributed by atoms with Gasteiger partial charge in [-0.1, -0.05) is 0 Å². The lowest BCUT2D eigenvalue weighted by atomic mass is 10.2. The summed E-state index contributed by atoms with van der Waals surface area (Å²) < 4.78 is 28.2. The molecule has 1 fully saturated rings. The maximum Gasteiger partial charge on any atom is 0.244 e. The van der Waals surface area contributed by atoms with Gasteiger partial charge >= 0.3 is 0 Å². The summed E-state index contributed by atoms with van der Waals surface area (Å²) in [6, 6.07) is 3.13. The van der Waals surface area contributed by atoms with E-state index in [9.17, 15) is 13.2 Å². The quantitative estimate of drug-likeness (QED) is 0.714. The molecule has 0 saturated carbocycles. The highest BCUT2D eigenvalue weighted by molar-refractivity contribution is 7.89. The standard InChI is InChI=1S/C15H20N6O3S/c22-15(4-2-6-20-13-17-12-18-20)19-7-9-21(10-8-19)25(23,24)14-3-1-5-16-11-14/h1,3,5,11-13H,2,4,6-10H2. The molecule has 0 atom stereocenters. The summed E-state index contributed by atoms with van der Waals surface area (Å²) in [4.78, 5) is 21.9. The molecule has 25 heavy (non-hydrogen) atoms. The summed E-state index contributed by atoms with van der Waals surface area (Å²) >= 11 is 0. The van der Waals surface area contributed by atoms with Gasteiger partial charge < -0.3 is 4.90 Å². The number of sulfonamides is 1. The molecule has 2 aromatic heterocycles. The highest BCUT2D eigenvalue weighted by Gasteiger charge is 2.29. The topological polar surface area (TPSA) is 101 Å². The Hall–Kier alpha value is -2.33. The third-order valence-electron chi connectivity index (χ3n) is 4.11. The van der Waals surface area contributed by atoms with Gasteiger partial charge in [-0.05, 0) is 18.6 Å². The molecule has 9 nitrogen and oxygen atoms in total. The van der Waals surface area contributed by atoms with Gasteiger partial charge in [-0.25, -0.2) is 13.4 Å². The number of carbonyl (C=O) groups excluding carboxylic acids is 1. The third-order valence-corrected chi connectivity index (χ3v) is 5.99. The molecule has 0 spiro atoms. The second-order valence-electron chi connectivity index (χ2n) is 5.74. The van der Waals surface area contributed by atoms with Crippen molar-refractivity contribution in [3.8, 4) is 0 Å². The Morgan fingerprint density at radius 3 is 2.60 bits per heavy atom. The number of pyridine rings is 1. The van der Waals surface area contributed by atoms with Crippen LogP contribution in [-0.2, 0) is 21.4 Å². The molecule has 3 rings (SSSR count). The summed E-state index contributed by atoms with van der Waals surface area (Å²) in [6.45, 7) is 2.04. The normalized spacial score (nSPS) is 16.1. The van der Waals surface area contributed by atoms with E-state index in [-0.39, 0.29) is 10.8 Å². The van der Waals surface area contributed by atoms with E-state index in [1.807, 2.05) is 0 Å². The number of hydrogen-bond donors (Lipinski definition) is 0. The smallest absolute Gasteiger partial charge is 0.244 e. The number of piperazine rings is 1. The number of aromatic nitrogens is 4. The molecule has 1 amide bonds. The minimum Gasteiger partial charge on any atom is -0.340 e. The summed E-state index contributed by atoms with van der Waals surface area (Å²) in [7, 11) is -3.54. The van der Waals surface area contributed by atoms with Crippen LogP contribution in [0.3, 0.4) is 0 Å². The molecule has 0 radical (unpaired) electrons. The summed E-state index contributed by atoms with van der Waals surface area (Å²) in [5, 5.41) is 3.99. The van der Waals surface area contributed by atoms with E-state index < -0.39 is 10.0 Å². The van der Waals surface area contributed by atoms with Gasteiger partial charge in [0, 0.05) is 51.5 Å². The highest BCUT2D eigenvalue weighted by Crippen LogP contribution is 2.17. The lowest BCUT2D eigenvalue weighted by molar-refractivity contribution is -0.132. The zero-order chi connectivity index (χ0) is 17.7. The zero-order valence-electron chi connectivity index (χ0n) is 13.7. The highest BCUT2D eigenvalue weighted by atomic mass is 32.2. The van der Waals surface area contributed by atoms with Crippen molar-refractivity contribution in [3.63, 3.8) is 0 Å². The summed E-state index contributed by atoms with van der Waals surface area (Å²) in [5.74, 6) is 0.0403. The van der Waals surface area contributed by atoms with Gasteiger partial charge in [-0.2, -0.15) is 9.40 Å². The first-order valence-corrected chi connectivity index (χ1v) is 9.52. The Morgan fingerprint density at radius 1 is 1.16 bits per heavy atom. The molecule has 10 heteroatoms. The molecule has 1 aliphatic heterocycles. The second kappa shape index (κ2) is 7.70. The molecular formula is C15H20N6O3S. The first-order chi connectivity index (χ1) is 12.1. The van der Waals surface area contributed by atoms with E-state index in [4.69, 9.17) is 0 Å². The molecular weight excluding hydrogens is 344 g/mol. The van der Waals surface area contributed by atoms with Crippen molar-refractivity contribution >= 4 is 15.9 Å². The molecule has 3 heterocycles. The Labute approximate surface area is 146 Å². The zero-order valence-corrected chi connectivity index (χ0v) is 14.5. The van der Waals surface area contributed by atoms with E-state index >= 15 is 0 Å². The van der Waals surface area contributed by atoms with Crippen LogP contribution >= 0.6 is 0 Å². The molecule has 0 aliphatic carbocycles. The molecule has 0 unspecified atom stereocenters. The molecule has 0 N–H and O–H groups in total. The van der Waals surface area contributed by atoms with Gasteiger partial charge in [-0.3, -0.25) is 14.5 Å². The average molecular weight is 364 g/mol. The van der Waals surface area contributed by atoms with Crippen LogP contribution in [0.2, 0.25) is 0 Å². The van der Waals surface area contributed by atoms with Crippen LogP contribution in [0.15, 0.2) is 42.1 Å². The van der Waals surface area contributed by atoms with Crippen LogP contribution in [0.4, 0.5) is 0 Å². The SMILES string of the molecule is O=C(CCCn1cncn1)N1CCN(S(=O)(=O)c2cccnc2)CC1. The fourth-order valence-corrected chi connectivity index (χ4v) is 4.11. The Balaban J connectivity index is 1.49. The third kappa shape index (κ3) is 4.20. The fraction of sp³-hybridized carbons (Fsp3) is 0.467. The number of hydrogen-bond acceptors (Lipinski definition) is 6. The van der Waals surface area contributed by atoms with Crippen LogP contribution in [-0.4, -0.2) is 69.5 Å². The number of carbonyl (C=O) groups is 1. The van der Waals surface area contributed by atoms with Crippen molar-refractivity contribution in [1.82, 2.24) is 29.0 Å². The maximum absolute atomic E-state index is 12.5. The van der Waals surface area contributed by atoms with Gasteiger partial charge in [-0.15, -0.1) is 0 Å². The monoisotopic (exact) mass is 364 g/mol. The molecule has 0 bridgehead atoms. The van der Waals surface area contributed by atoms with Gasteiger partial charge in [0.25, 0.3) is 0 Å². The van der Waals surface area contributed by atoms with Crippen molar-refractivity contribution in [3.05, 3.63) is 37.2 Å². The van der Waals surface area contributed by atoms with Crippen molar-refractivity contribution < 1.29 is 13.2 Å². The van der Waals surface area contributed by atoms with Crippen LogP contribution in [0.1, 0.15) is 12.8 Å². The van der Waals surface area contributed by atoms with Crippen LogP contribution in [0.25, 0.3) is 0 Å². The predicted molar refractivity (Wildman–Crippen MR) is 88.8 cm³/mol. The first kappa shape index (κ1) is 17.5. The van der Waals surface area contributed by atoms with Crippen molar-refractivity contribution in [2.75, 3.05) is 26.2 Å². The Kier molecular flexibility index (Phi) is 5.39. The largest absolute Gasteiger partial charge is 0.340 e. The van der Waals surface area contributed by atoms with E-state index in [0.717, 1.165) is 0 Å². The average Bonchev–Trinajstić information content (AvgIpc) is 3.16. The molecule has 0 aromatic carbocycles. The molecule has 134 valence electrons. The number of aryl methyl sites for hydroxylation is 1. The molecule has 1 aliphatic rings. The van der Waals surface area contributed by atoms with Crippen molar-refractivity contribution in [1.29, 1.82) is 0 Å². The van der Waals surface area contributed by atoms with E-state index in [2.05, 4.69) is 15.1 Å². The lowest BCUT2D eigenvalue weighted by Crippen LogP contribution is -2.50. The minimum absolute atomic E-state index is 0.0403. The van der Waals surface area contributed by atoms with Gasteiger partial charge in [0.1, 0.15) is 17.6 Å². The van der Waals surface area contributed by atoms with Gasteiger partial charge in [0.15, 0.2) is 0 Å². The van der Waals surface area contributed by atoms with E-state index in [1.54, 1.807) is 22.0 Å². The minimum atomic E-state index is -3.54. The predicted octanol–water partition coefficient (Wildman–Crippen LogP) is -0.0136. The van der Waals surface area contributed by atoms with E-state index in [0.29, 0.717) is 45.6 Å². The van der Waals surface area contributed by atoms with Crippen LogP contribution < -0.4 is 0 Å². The Morgan fingerprint density at radius 2 is 1.96 bits per heavy atom. The van der Waals surface area contributed by atoms with Crippen molar-refractivity contribution in [2.24, 2.45) is 0 Å². The van der Waals surface area contributed by atoms with Gasteiger partial charge in [0.2, 0.25) is 15.9 Å². The molecule has 1 saturated heterocycles. The van der Waals surface area contributed by atoms with Crippen LogP contribution in [0.5, 0.6) is 0 Å². The number of rotatable bonds is 6. The van der Waals surface area contributed by atoms with Gasteiger partial charge in [0.05, 0.1) is 0 Å². The van der Waals surface area contributed by atoms with E-state index in [1.165, 1.54) is 29.1 Å². The Bertz CT molecular complexity index is 786. The fourth-order valence-electron chi connectivity index (χ4n) is 2.73. The number of amides is 1. The summed E-state index contributed by atoms with van der Waals surface area (Å²) in [6.07, 6.45) is 7.05. The number of nitrogens with zero attached hydrogens (tertiary/aromatic N) is 6. The van der Waals surface area contributed by atoms with Crippen LogP contribution in [0, 0.1) is 0 Å². The van der Waals surface area contributed by atoms with Crippen molar-refractivity contribution in [2.45, 2.75) is 24.3 Å². The first-order valence-electron chi connectivity index (χ1n) is 8.08. The maximum atomic E-state index is 12.5. The summed E-state index contributed by atoms with van der Waals surface area (Å²) in [5.41, 5.74) is 0. The molecule has 2 aromatic rings. The second-order valence-corrected chi connectivity index (χ2v) is 7.67. The lowest BCUT2D eigenvalue weighted by Gasteiger charge is -2.34.